The van der Waals surface area contributed by atoms with E-state index in [1.165, 1.54) is 0 Å². The molecule has 0 aromatic carbocycles. The van der Waals surface area contributed by atoms with Crippen LogP contribution in [0.5, 0.6) is 0 Å². The average Bonchev–Trinajstić information content (AvgIpc) is 1.88. The highest BCUT2D eigenvalue weighted by atomic mass is 16.4. The van der Waals surface area contributed by atoms with E-state index in [-0.39, 0.29) is 0 Å². The molecule has 0 rings (SSSR count). The first kappa shape index (κ1) is 10.1. The summed E-state index contributed by atoms with van der Waals surface area (Å²) < 4.78 is 0. The molecule has 0 amide bonds. The molecule has 1 atom stereocenters. The summed E-state index contributed by atoms with van der Waals surface area (Å²) in [7, 11) is 0. The summed E-state index contributed by atoms with van der Waals surface area (Å²) in [5.74, 6) is -1.43. The molecule has 0 aromatic rings. The molecule has 0 aliphatic rings. The summed E-state index contributed by atoms with van der Waals surface area (Å²) in [5, 5.41) is 16.0. The number of hydrogen-bond donors (Lipinski definition) is 2. The number of carbonyl (C=O) groups is 1. The van der Waals surface area contributed by atoms with Gasteiger partial charge in [-0.2, -0.15) is 0 Å². The number of rotatable bonds is 5. The van der Waals surface area contributed by atoms with Gasteiger partial charge < -0.3 is 10.5 Å². The van der Waals surface area contributed by atoms with Crippen LogP contribution >= 0.6 is 0 Å². The largest absolute Gasteiger partial charge is 0.481 e. The van der Waals surface area contributed by atoms with E-state index < -0.39 is 11.9 Å². The summed E-state index contributed by atoms with van der Waals surface area (Å²) in [6.45, 7) is 3.74. The van der Waals surface area contributed by atoms with Crippen molar-refractivity contribution >= 4 is 11.7 Å². The molecule has 0 spiro atoms. The normalized spacial score (nSPS) is 12.5. The lowest BCUT2D eigenvalue weighted by Gasteiger charge is -2.09. The number of carboxylic acid groups (broad SMARTS) is 1. The van der Waals surface area contributed by atoms with Crippen molar-refractivity contribution in [1.29, 1.82) is 5.41 Å². The van der Waals surface area contributed by atoms with Gasteiger partial charge in [0.2, 0.25) is 0 Å². The van der Waals surface area contributed by atoms with Crippen LogP contribution in [0.4, 0.5) is 0 Å². The van der Waals surface area contributed by atoms with Crippen LogP contribution in [0.3, 0.4) is 0 Å². The Hall–Kier alpha value is -0.860. The Morgan fingerprint density at radius 1 is 1.55 bits per heavy atom. The molecule has 0 aromatic heterocycles. The molecule has 0 aliphatic carbocycles. The third kappa shape index (κ3) is 3.16. The standard InChI is InChI=1S/C8H15NO2/c1-3-5-7(9)6(4-2)8(10)11/h6,9H,3-5H2,1-2H3,(H,10,11)/t6-/m1/s1. The highest BCUT2D eigenvalue weighted by Gasteiger charge is 2.18. The molecule has 0 unspecified atom stereocenters. The van der Waals surface area contributed by atoms with Crippen LogP contribution in [0, 0.1) is 11.3 Å². The zero-order chi connectivity index (χ0) is 8.85. The number of carboxylic acids is 1. The van der Waals surface area contributed by atoms with Crippen molar-refractivity contribution in [3.8, 4) is 0 Å². The van der Waals surface area contributed by atoms with Crippen LogP contribution < -0.4 is 0 Å². The molecule has 0 heterocycles. The van der Waals surface area contributed by atoms with Crippen molar-refractivity contribution in [3.63, 3.8) is 0 Å². The van der Waals surface area contributed by atoms with Gasteiger partial charge in [0.05, 0.1) is 5.92 Å². The van der Waals surface area contributed by atoms with Gasteiger partial charge in [0, 0.05) is 5.71 Å². The highest BCUT2D eigenvalue weighted by molar-refractivity contribution is 5.99. The molecule has 0 saturated carbocycles. The Labute approximate surface area is 66.9 Å². The Balaban J connectivity index is 4.03. The van der Waals surface area contributed by atoms with Gasteiger partial charge in [-0.05, 0) is 12.8 Å². The van der Waals surface area contributed by atoms with Crippen molar-refractivity contribution in [1.82, 2.24) is 0 Å². The van der Waals surface area contributed by atoms with E-state index in [9.17, 15) is 4.79 Å². The fraction of sp³-hybridized carbons (Fsp3) is 0.750. The van der Waals surface area contributed by atoms with Crippen LogP contribution in [0.1, 0.15) is 33.1 Å². The van der Waals surface area contributed by atoms with E-state index in [1.54, 1.807) is 6.92 Å². The molecule has 2 N–H and O–H groups in total. The molecule has 0 bridgehead atoms. The zero-order valence-corrected chi connectivity index (χ0v) is 7.05. The smallest absolute Gasteiger partial charge is 0.312 e. The Morgan fingerprint density at radius 2 is 2.09 bits per heavy atom. The maximum absolute atomic E-state index is 10.5. The van der Waals surface area contributed by atoms with Crippen molar-refractivity contribution in [2.24, 2.45) is 5.92 Å². The van der Waals surface area contributed by atoms with Crippen molar-refractivity contribution < 1.29 is 9.90 Å². The van der Waals surface area contributed by atoms with Gasteiger partial charge in [0.1, 0.15) is 0 Å². The molecule has 0 saturated heterocycles. The number of hydrogen-bond acceptors (Lipinski definition) is 2. The van der Waals surface area contributed by atoms with E-state index in [2.05, 4.69) is 0 Å². The number of nitrogens with one attached hydrogen (secondary N) is 1. The predicted octanol–water partition coefficient (Wildman–Crippen LogP) is 1.92. The monoisotopic (exact) mass is 157 g/mol. The Morgan fingerprint density at radius 3 is 2.36 bits per heavy atom. The van der Waals surface area contributed by atoms with Crippen LogP contribution in [0.15, 0.2) is 0 Å². The van der Waals surface area contributed by atoms with E-state index in [4.69, 9.17) is 10.5 Å². The van der Waals surface area contributed by atoms with Crippen molar-refractivity contribution in [3.05, 3.63) is 0 Å². The van der Waals surface area contributed by atoms with E-state index >= 15 is 0 Å². The highest BCUT2D eigenvalue weighted by Crippen LogP contribution is 2.08. The van der Waals surface area contributed by atoms with E-state index in [1.807, 2.05) is 6.92 Å². The average molecular weight is 157 g/mol. The molecular weight excluding hydrogens is 142 g/mol. The maximum Gasteiger partial charge on any atom is 0.312 e. The first-order valence-corrected chi connectivity index (χ1v) is 3.93. The van der Waals surface area contributed by atoms with Crippen molar-refractivity contribution in [2.75, 3.05) is 0 Å². The summed E-state index contributed by atoms with van der Waals surface area (Å²) >= 11 is 0. The predicted molar refractivity (Wildman–Crippen MR) is 44.1 cm³/mol. The minimum absolute atomic E-state index is 0.350. The minimum Gasteiger partial charge on any atom is -0.481 e. The lowest BCUT2D eigenvalue weighted by Crippen LogP contribution is -2.21. The van der Waals surface area contributed by atoms with Gasteiger partial charge in [0.25, 0.3) is 0 Å². The van der Waals surface area contributed by atoms with Crippen LogP contribution in [0.2, 0.25) is 0 Å². The second kappa shape index (κ2) is 4.88. The molecule has 11 heavy (non-hydrogen) atoms. The van der Waals surface area contributed by atoms with Crippen LogP contribution in [-0.4, -0.2) is 16.8 Å². The maximum atomic E-state index is 10.5. The van der Waals surface area contributed by atoms with E-state index in [0.29, 0.717) is 18.6 Å². The first-order chi connectivity index (χ1) is 5.13. The zero-order valence-electron chi connectivity index (χ0n) is 7.05. The third-order valence-corrected chi connectivity index (χ3v) is 1.65. The molecule has 0 aliphatic heterocycles. The van der Waals surface area contributed by atoms with Gasteiger partial charge in [-0.15, -0.1) is 0 Å². The summed E-state index contributed by atoms with van der Waals surface area (Å²) in [6, 6.07) is 0. The van der Waals surface area contributed by atoms with Gasteiger partial charge in [-0.1, -0.05) is 20.3 Å². The lowest BCUT2D eigenvalue weighted by atomic mass is 9.97. The van der Waals surface area contributed by atoms with E-state index in [0.717, 1.165) is 6.42 Å². The molecule has 0 fully saturated rings. The van der Waals surface area contributed by atoms with Crippen molar-refractivity contribution in [2.45, 2.75) is 33.1 Å². The first-order valence-electron chi connectivity index (χ1n) is 3.93. The molecule has 3 heteroatoms. The second-order valence-corrected chi connectivity index (χ2v) is 2.57. The molecule has 0 radical (unpaired) electrons. The third-order valence-electron chi connectivity index (χ3n) is 1.65. The molecule has 3 nitrogen and oxygen atoms in total. The Bertz CT molecular complexity index is 154. The summed E-state index contributed by atoms with van der Waals surface area (Å²) in [4.78, 5) is 10.5. The van der Waals surface area contributed by atoms with Crippen LogP contribution in [0.25, 0.3) is 0 Å². The summed E-state index contributed by atoms with van der Waals surface area (Å²) in [5.41, 5.74) is 0.350. The second-order valence-electron chi connectivity index (χ2n) is 2.57. The number of aliphatic carboxylic acids is 1. The Kier molecular flexibility index (Phi) is 4.50. The van der Waals surface area contributed by atoms with Gasteiger partial charge in [-0.3, -0.25) is 4.79 Å². The van der Waals surface area contributed by atoms with Crippen LogP contribution in [-0.2, 0) is 4.79 Å². The van der Waals surface area contributed by atoms with Gasteiger partial charge in [0.15, 0.2) is 0 Å². The fourth-order valence-corrected chi connectivity index (χ4v) is 1.01. The van der Waals surface area contributed by atoms with Gasteiger partial charge in [-0.25, -0.2) is 0 Å². The molecule has 64 valence electrons. The SMILES string of the molecule is CCCC(=N)[C@@H](CC)C(=O)O. The fourth-order valence-electron chi connectivity index (χ4n) is 1.01. The molecular formula is C8H15NO2. The lowest BCUT2D eigenvalue weighted by molar-refractivity contribution is -0.139. The quantitative estimate of drug-likeness (QED) is 0.599. The summed E-state index contributed by atoms with van der Waals surface area (Å²) in [6.07, 6.45) is 1.97. The van der Waals surface area contributed by atoms with Gasteiger partial charge >= 0.3 is 5.97 Å². The topological polar surface area (TPSA) is 61.2 Å². The minimum atomic E-state index is -0.869.